The third-order valence-electron chi connectivity index (χ3n) is 27.2. The molecule has 0 aromatic rings. The number of aliphatic hydroxyl groups is 35. The van der Waals surface area contributed by atoms with Gasteiger partial charge in [0.15, 0.2) is 56.6 Å². The van der Waals surface area contributed by atoms with E-state index in [1.165, 1.54) is 0 Å². The molecular formula is C78H131N3O64. The molecule has 12 aliphatic heterocycles. The third-order valence-corrected chi connectivity index (χ3v) is 27.2. The second-order valence-corrected chi connectivity index (χ2v) is 36.8. The fourth-order valence-electron chi connectivity index (χ4n) is 18.6. The predicted octanol–water partition coefficient (Wildman–Crippen LogP) is -27.7. The molecule has 0 amide bonds. The summed E-state index contributed by atoms with van der Waals surface area (Å²) < 4.78 is 136. The van der Waals surface area contributed by atoms with Crippen LogP contribution in [0.5, 0.6) is 0 Å². The van der Waals surface area contributed by atoms with E-state index in [9.17, 15) is 208 Å². The molecule has 0 aromatic carbocycles. The molecular weight excluding hydrogens is 2000 g/mol. The highest BCUT2D eigenvalue weighted by Crippen LogP contribution is 2.48. The number of carboxylic acid groups (broad SMARTS) is 3. The number of hydrogen-bond acceptors (Lipinski definition) is 64. The van der Waals surface area contributed by atoms with Gasteiger partial charge in [-0.1, -0.05) is 0 Å². The zero-order chi connectivity index (χ0) is 107. The summed E-state index contributed by atoms with van der Waals surface area (Å²) in [4.78, 5) is 43.0. The Morgan fingerprint density at radius 1 is 0.269 bits per heavy atom. The molecule has 67 heteroatoms. The van der Waals surface area contributed by atoms with Crippen molar-refractivity contribution >= 4 is 17.9 Å². The first kappa shape index (κ1) is 120. The van der Waals surface area contributed by atoms with Gasteiger partial charge in [-0.3, -0.25) is 0 Å². The Hall–Kier alpha value is -4.03. The molecule has 12 fully saturated rings. The maximum atomic E-state index is 14.5. The topological polar surface area (TPSA) is 1110 Å². The van der Waals surface area contributed by atoms with Gasteiger partial charge in [0.25, 0.3) is 17.4 Å². The third kappa shape index (κ3) is 24.8. The molecule has 12 saturated heterocycles. The van der Waals surface area contributed by atoms with Gasteiger partial charge in [-0.05, 0) is 0 Å². The molecule has 145 heavy (non-hydrogen) atoms. The minimum atomic E-state index is -3.78. The molecule has 0 aromatic heterocycles. The highest BCUT2D eigenvalue weighted by molar-refractivity contribution is 5.77. The average molecular weight is 2130 g/mol. The maximum Gasteiger partial charge on any atom is 0.364 e. The number of carboxylic acids is 3. The van der Waals surface area contributed by atoms with Crippen LogP contribution in [0.3, 0.4) is 0 Å². The molecule has 842 valence electrons. The lowest BCUT2D eigenvalue weighted by Gasteiger charge is -2.53. The standard InChI is InChI=1S/C78H131N3O64/c79-31-44(105)39(100)28(126-64(31)116)13-123-65-32(80)45(106)40(101)30(134-65)15-125-76(73(117)118)3-21(141-78(75(121)122)2-20(41(102)56(143-78)18(93)5-83)127-66-33(81)46(107)35(96)22(7-85)128-66)59(57(144-76)19(94)6-84)137-69-53(114)50(111)58(27(12-90)133-69)136-72-63(140-70-54(115)60(42(103)26(11-89)131-70)138-67-51(112)47(108)36(97)23(8-86)129-67)61(145-77(74(119)120)1-16(91)34(95)55(142-77)17(92)4-82)43(104)29(135-72)14-124-71-62(49(110)38(99)25(10-88)132-71)139-68-52(113)48(109)37(98)24(9-87)130-68/h16-72,82-116H,1-15,79-81H2,(H,117,118)(H,119,120)(H,121,122)/t16-,17-,18-,19-,20-,21-,22-,23-,24-,25-,26-,27-,28-,29-,30-,31-,32-,33-,34-,35-,36-,37-,38-,39-,40-,41-,42+,43-,44-,45-,46-,47+,48+,49+,50-,51-,52-,53+,54-,55-,56-,57-,58-,59-,60+,61+,62+,63+,64+,65-,66+,67-,68-,69-,70-,71+,72-,76-,77+,78-/m1/s1. The van der Waals surface area contributed by atoms with Gasteiger partial charge in [-0.15, -0.1) is 0 Å². The molecule has 67 nitrogen and oxygen atoms in total. The van der Waals surface area contributed by atoms with E-state index in [1.807, 2.05) is 0 Å². The van der Waals surface area contributed by atoms with Crippen molar-refractivity contribution in [2.75, 3.05) is 79.3 Å². The van der Waals surface area contributed by atoms with Gasteiger partial charge < -0.3 is 320 Å². The number of ether oxygens (including phenoxy) is 23. The summed E-state index contributed by atoms with van der Waals surface area (Å²) in [6.45, 7) is -16.0. The predicted molar refractivity (Wildman–Crippen MR) is 434 cm³/mol. The highest BCUT2D eigenvalue weighted by atomic mass is 16.8. The smallest absolute Gasteiger partial charge is 0.364 e. The maximum absolute atomic E-state index is 14.5. The lowest BCUT2D eigenvalue weighted by Crippen LogP contribution is -2.71. The van der Waals surface area contributed by atoms with Crippen LogP contribution in [0.1, 0.15) is 19.3 Å². The van der Waals surface area contributed by atoms with Crippen LogP contribution in [0.25, 0.3) is 0 Å². The fraction of sp³-hybridized carbons (Fsp3) is 0.962. The van der Waals surface area contributed by atoms with Crippen molar-refractivity contribution in [1.82, 2.24) is 0 Å². The zero-order valence-electron chi connectivity index (χ0n) is 75.9. The summed E-state index contributed by atoms with van der Waals surface area (Å²) in [6.07, 6.45) is -134. The van der Waals surface area contributed by atoms with Crippen LogP contribution in [-0.4, -0.2) is 658 Å². The van der Waals surface area contributed by atoms with Crippen molar-refractivity contribution in [3.05, 3.63) is 0 Å². The second kappa shape index (κ2) is 50.2. The van der Waals surface area contributed by atoms with E-state index in [2.05, 4.69) is 0 Å². The summed E-state index contributed by atoms with van der Waals surface area (Å²) in [5.41, 5.74) is 18.1. The van der Waals surface area contributed by atoms with Crippen molar-refractivity contribution in [2.45, 2.75) is 386 Å². The Morgan fingerprint density at radius 3 is 1.12 bits per heavy atom. The molecule has 0 spiro atoms. The second-order valence-electron chi connectivity index (χ2n) is 36.8. The monoisotopic (exact) mass is 2130 g/mol. The largest absolute Gasteiger partial charge is 0.477 e. The Labute approximate surface area is 815 Å². The highest BCUT2D eigenvalue weighted by Gasteiger charge is 2.68. The van der Waals surface area contributed by atoms with E-state index in [0.29, 0.717) is 0 Å². The van der Waals surface area contributed by atoms with Gasteiger partial charge >= 0.3 is 17.9 Å². The Kier molecular flexibility index (Phi) is 41.4. The number of nitrogens with two attached hydrogens (primary N) is 3. The molecule has 0 radical (unpaired) electrons. The fourth-order valence-corrected chi connectivity index (χ4v) is 18.6. The Morgan fingerprint density at radius 2 is 0.614 bits per heavy atom. The van der Waals surface area contributed by atoms with Gasteiger partial charge in [-0.25, -0.2) is 14.4 Å². The van der Waals surface area contributed by atoms with Crippen LogP contribution in [0.2, 0.25) is 0 Å². The van der Waals surface area contributed by atoms with E-state index < -0.39 is 483 Å². The van der Waals surface area contributed by atoms with Crippen LogP contribution < -0.4 is 17.2 Å². The van der Waals surface area contributed by atoms with Crippen LogP contribution in [0.4, 0.5) is 0 Å². The number of aliphatic hydroxyl groups excluding tert-OH is 35. The first-order valence-electron chi connectivity index (χ1n) is 45.6. The molecule has 0 unspecified atom stereocenters. The van der Waals surface area contributed by atoms with Crippen molar-refractivity contribution in [3.63, 3.8) is 0 Å². The summed E-state index contributed by atoms with van der Waals surface area (Å²) in [5.74, 6) is -18.5. The number of rotatable bonds is 40. The van der Waals surface area contributed by atoms with Crippen LogP contribution in [0.15, 0.2) is 0 Å². The van der Waals surface area contributed by atoms with E-state index in [-0.39, 0.29) is 0 Å². The average Bonchev–Trinajstić information content (AvgIpc) is 0.731. The quantitative estimate of drug-likeness (QED) is 0.0271. The first-order chi connectivity index (χ1) is 68.3. The lowest BCUT2D eigenvalue weighted by molar-refractivity contribution is -0.423. The SMILES string of the molecule is N[C@@H]1[C@@H](O)[C@H](O)[C@@H](CO[C@@H]2O[C@H](CO[C@]3(C(=O)O)C[C@@H](O[C@]4(C(=O)O)C[C@@H](O[C@H]5O[C@H](CO)[C@@H](O)[C@H](O)[C@H]5N)[C@@H](O)[C@@H]([C@H](O)CO)O4)[C@@H](O[C@H]4O[C@H](CO)[C@@H](O[C@H]5O[C@H](CO[C@H]6O[C@H](CO)[C@@H](O)[C@H](O)[C@@H]6O[C@H]6O[C@H](CO)[C@@H](O)[C@H](O)[C@H]6O)[C@@H](O)[C@H](O[C@]6(C(=O)O)C[C@@H](O)[C@@H](O)[C@@H]([C@H](O)CO)O6)[C@@H]5O[C@H]5O[C@H](CO)[C@H](O)[C@H](O[C@H]6O[C@H](CO)[C@@H](O)[C@H](O)[C@H]6O)[C@H]5O)[C@H](O)[C@@H]4O)[C@@H]([C@H](O)CO)O3)[C@@H](O)[C@H](O)[C@H]2N)O[C@@H]1O. The normalized spacial score (nSPS) is 50.9. The van der Waals surface area contributed by atoms with E-state index in [1.54, 1.807) is 0 Å². The summed E-state index contributed by atoms with van der Waals surface area (Å²) in [5, 5.41) is 426. The molecule has 0 bridgehead atoms. The summed E-state index contributed by atoms with van der Waals surface area (Å²) in [7, 11) is 0. The Balaban J connectivity index is 0.952. The zero-order valence-corrected chi connectivity index (χ0v) is 75.9. The van der Waals surface area contributed by atoms with E-state index >= 15 is 0 Å². The van der Waals surface area contributed by atoms with E-state index in [0.717, 1.165) is 0 Å². The van der Waals surface area contributed by atoms with Crippen LogP contribution in [-0.2, 0) is 123 Å². The van der Waals surface area contributed by atoms with Gasteiger partial charge in [0.05, 0.1) is 116 Å². The lowest BCUT2D eigenvalue weighted by atomic mass is 9.89. The molecule has 44 N–H and O–H groups in total. The van der Waals surface area contributed by atoms with Gasteiger partial charge in [0.2, 0.25) is 0 Å². The minimum Gasteiger partial charge on any atom is -0.477 e. The molecule has 12 rings (SSSR count). The summed E-state index contributed by atoms with van der Waals surface area (Å²) in [6, 6.07) is -5.31. The van der Waals surface area contributed by atoms with Gasteiger partial charge in [0, 0.05) is 19.3 Å². The number of carbonyl (C=O) groups is 3. The molecule has 12 heterocycles. The van der Waals surface area contributed by atoms with Crippen LogP contribution >= 0.6 is 0 Å². The number of aliphatic carboxylic acids is 3. The Bertz CT molecular complexity index is 4030. The molecule has 0 aliphatic carbocycles. The van der Waals surface area contributed by atoms with E-state index in [4.69, 9.17) is 126 Å². The van der Waals surface area contributed by atoms with Gasteiger partial charge in [0.1, 0.15) is 256 Å². The van der Waals surface area contributed by atoms with Crippen LogP contribution in [0, 0.1) is 0 Å². The number of hydrogen-bond donors (Lipinski definition) is 41. The molecule has 0 saturated carbocycles. The van der Waals surface area contributed by atoms with Gasteiger partial charge in [-0.2, -0.15) is 0 Å². The first-order valence-corrected chi connectivity index (χ1v) is 45.6. The van der Waals surface area contributed by atoms with Crippen molar-refractivity contribution in [1.29, 1.82) is 0 Å². The minimum absolute atomic E-state index is 0.891. The van der Waals surface area contributed by atoms with Crippen molar-refractivity contribution in [3.8, 4) is 0 Å². The molecule has 60 atom stereocenters. The van der Waals surface area contributed by atoms with Crippen molar-refractivity contribution < 1.29 is 317 Å². The van der Waals surface area contributed by atoms with Crippen molar-refractivity contribution in [2.24, 2.45) is 17.2 Å². The molecule has 12 aliphatic rings. The summed E-state index contributed by atoms with van der Waals surface area (Å²) >= 11 is 0.